The van der Waals surface area contributed by atoms with E-state index in [4.69, 9.17) is 0 Å². The van der Waals surface area contributed by atoms with Crippen LogP contribution in [0.4, 0.5) is 22.7 Å². The van der Waals surface area contributed by atoms with Crippen molar-refractivity contribution in [2.24, 2.45) is 10.2 Å². The number of hydrogen-bond donors (Lipinski definition) is 2. The van der Waals surface area contributed by atoms with Gasteiger partial charge in [-0.25, -0.2) is 4.79 Å². The number of aliphatic hydroxyl groups excluding tert-OH is 1. The van der Waals surface area contributed by atoms with E-state index in [0.29, 0.717) is 12.2 Å². The molecule has 2 atom stereocenters. The molecule has 0 saturated carbocycles. The normalized spacial score (nSPS) is 22.3. The van der Waals surface area contributed by atoms with Crippen molar-refractivity contribution in [3.63, 3.8) is 0 Å². The maximum absolute atomic E-state index is 11.4. The van der Waals surface area contributed by atoms with Crippen LogP contribution in [-0.4, -0.2) is 55.3 Å². The van der Waals surface area contributed by atoms with Gasteiger partial charge in [-0.1, -0.05) is 12.1 Å². The van der Waals surface area contributed by atoms with Gasteiger partial charge in [0.05, 0.1) is 23.2 Å². The molecular formula is C20H23N5O3. The van der Waals surface area contributed by atoms with E-state index >= 15 is 0 Å². The van der Waals surface area contributed by atoms with Gasteiger partial charge < -0.3 is 24.9 Å². The van der Waals surface area contributed by atoms with Gasteiger partial charge in [-0.05, 0) is 36.4 Å². The Balaban J connectivity index is 1.49. The number of nitrogens with zero attached hydrogens (tertiary/aromatic N) is 5. The molecule has 2 aromatic rings. The van der Waals surface area contributed by atoms with Crippen molar-refractivity contribution in [1.29, 1.82) is 0 Å². The number of aliphatic carboxylic acids is 1. The van der Waals surface area contributed by atoms with Crippen LogP contribution in [0.5, 0.6) is 0 Å². The van der Waals surface area contributed by atoms with Crippen molar-refractivity contribution < 1.29 is 15.0 Å². The van der Waals surface area contributed by atoms with Gasteiger partial charge in [0, 0.05) is 32.7 Å². The number of benzene rings is 2. The summed E-state index contributed by atoms with van der Waals surface area (Å²) in [5.74, 6) is -0.924. The van der Waals surface area contributed by atoms with Gasteiger partial charge in [0.2, 0.25) is 6.29 Å². The molecule has 0 aliphatic carbocycles. The molecule has 2 unspecified atom stereocenters. The molecule has 0 bridgehead atoms. The molecule has 2 aliphatic rings. The minimum absolute atomic E-state index is 0.220. The molecule has 8 nitrogen and oxygen atoms in total. The minimum Gasteiger partial charge on any atom is -0.480 e. The van der Waals surface area contributed by atoms with E-state index in [0.717, 1.165) is 17.1 Å². The molecule has 8 heteroatoms. The number of aliphatic hydroxyl groups is 1. The Kier molecular flexibility index (Phi) is 4.64. The molecule has 0 spiro atoms. The van der Waals surface area contributed by atoms with Crippen LogP contribution in [0.15, 0.2) is 58.8 Å². The Morgan fingerprint density at radius 2 is 1.64 bits per heavy atom. The van der Waals surface area contributed by atoms with Crippen molar-refractivity contribution in [3.8, 4) is 0 Å². The number of hydrogen-bond acceptors (Lipinski definition) is 7. The van der Waals surface area contributed by atoms with Crippen LogP contribution < -0.4 is 14.7 Å². The highest BCUT2D eigenvalue weighted by molar-refractivity contribution is 5.79. The zero-order chi connectivity index (χ0) is 19.8. The van der Waals surface area contributed by atoms with Crippen molar-refractivity contribution in [1.82, 2.24) is 0 Å². The minimum atomic E-state index is -0.924. The third-order valence-electron chi connectivity index (χ3n) is 5.36. The number of β-amino-alcohol motifs (C(OH)–C–C–N with tert-alkyl or cyclic N) is 1. The fourth-order valence-corrected chi connectivity index (χ4v) is 3.89. The second-order valence-corrected chi connectivity index (χ2v) is 7.18. The number of rotatable bonds is 4. The fourth-order valence-electron chi connectivity index (χ4n) is 3.89. The van der Waals surface area contributed by atoms with E-state index in [-0.39, 0.29) is 12.7 Å². The Morgan fingerprint density at radius 1 is 1.04 bits per heavy atom. The molecule has 1 fully saturated rings. The van der Waals surface area contributed by atoms with Crippen LogP contribution in [0.1, 0.15) is 6.42 Å². The average Bonchev–Trinajstić information content (AvgIpc) is 3.20. The van der Waals surface area contributed by atoms with Gasteiger partial charge in [0.1, 0.15) is 6.04 Å². The van der Waals surface area contributed by atoms with Gasteiger partial charge in [0.25, 0.3) is 0 Å². The number of para-hydroxylation sites is 2. The predicted octanol–water partition coefficient (Wildman–Crippen LogP) is 2.66. The Labute approximate surface area is 163 Å². The highest BCUT2D eigenvalue weighted by atomic mass is 16.4. The van der Waals surface area contributed by atoms with Crippen LogP contribution in [0.25, 0.3) is 0 Å². The molecule has 0 aromatic heterocycles. The first kappa shape index (κ1) is 18.2. The van der Waals surface area contributed by atoms with Crippen LogP contribution in [0, 0.1) is 0 Å². The molecule has 146 valence electrons. The smallest absolute Gasteiger partial charge is 0.326 e. The van der Waals surface area contributed by atoms with Crippen LogP contribution in [-0.2, 0) is 4.79 Å². The van der Waals surface area contributed by atoms with Crippen LogP contribution in [0.2, 0.25) is 0 Å². The molecule has 2 heterocycles. The zero-order valence-electron chi connectivity index (χ0n) is 15.8. The van der Waals surface area contributed by atoms with Crippen LogP contribution >= 0.6 is 0 Å². The molecule has 4 rings (SSSR count). The van der Waals surface area contributed by atoms with Crippen molar-refractivity contribution in [2.45, 2.75) is 24.9 Å². The Bertz CT molecular complexity index is 872. The molecule has 2 N–H and O–H groups in total. The summed E-state index contributed by atoms with van der Waals surface area (Å²) in [6.07, 6.45) is -0.615. The van der Waals surface area contributed by atoms with Crippen LogP contribution in [0.3, 0.4) is 0 Å². The number of carboxylic acids is 1. The third-order valence-corrected chi connectivity index (χ3v) is 5.36. The lowest BCUT2D eigenvalue weighted by Crippen LogP contribution is -2.36. The SMILES string of the molecule is CN1c2ccccc2N(C)C1N=Nc1ccc(N2CC(O)CC2C(=O)O)cc1. The highest BCUT2D eigenvalue weighted by Crippen LogP contribution is 2.38. The number of fused-ring (bicyclic) bond motifs is 1. The summed E-state index contributed by atoms with van der Waals surface area (Å²) >= 11 is 0. The van der Waals surface area contributed by atoms with E-state index in [1.807, 2.05) is 50.5 Å². The lowest BCUT2D eigenvalue weighted by molar-refractivity contribution is -0.138. The standard InChI is InChI=1S/C20H23N5O3/c1-23-16-5-3-4-6-17(16)24(2)20(23)22-21-13-7-9-14(10-8-13)25-12-15(26)11-18(25)19(27)28/h3-10,15,18,20,26H,11-12H2,1-2H3,(H,27,28). The fraction of sp³-hybridized carbons (Fsp3) is 0.350. The molecular weight excluding hydrogens is 358 g/mol. The Hall–Kier alpha value is -3.13. The summed E-state index contributed by atoms with van der Waals surface area (Å²) in [5, 5.41) is 28.0. The lowest BCUT2D eigenvalue weighted by atomic mass is 10.2. The number of carboxylic acid groups (broad SMARTS) is 1. The Morgan fingerprint density at radius 3 is 2.21 bits per heavy atom. The zero-order valence-corrected chi connectivity index (χ0v) is 15.8. The maximum atomic E-state index is 11.4. The van der Waals surface area contributed by atoms with Crippen molar-refractivity contribution >= 4 is 28.7 Å². The summed E-state index contributed by atoms with van der Waals surface area (Å²) in [5.41, 5.74) is 3.66. The summed E-state index contributed by atoms with van der Waals surface area (Å²) in [7, 11) is 3.97. The summed E-state index contributed by atoms with van der Waals surface area (Å²) in [6.45, 7) is 0.313. The second kappa shape index (κ2) is 7.12. The quantitative estimate of drug-likeness (QED) is 0.791. The summed E-state index contributed by atoms with van der Waals surface area (Å²) < 4.78 is 0. The highest BCUT2D eigenvalue weighted by Gasteiger charge is 2.36. The maximum Gasteiger partial charge on any atom is 0.326 e. The monoisotopic (exact) mass is 381 g/mol. The van der Waals surface area contributed by atoms with E-state index in [1.54, 1.807) is 4.90 Å². The average molecular weight is 381 g/mol. The molecule has 0 amide bonds. The molecule has 1 saturated heterocycles. The summed E-state index contributed by atoms with van der Waals surface area (Å²) in [4.78, 5) is 17.2. The third kappa shape index (κ3) is 3.16. The van der Waals surface area contributed by atoms with Gasteiger partial charge in [-0.15, -0.1) is 5.11 Å². The number of carbonyl (C=O) groups is 1. The van der Waals surface area contributed by atoms with Gasteiger partial charge in [0.15, 0.2) is 0 Å². The molecule has 2 aromatic carbocycles. The van der Waals surface area contributed by atoms with Gasteiger partial charge in [-0.2, -0.15) is 5.11 Å². The van der Waals surface area contributed by atoms with Crippen molar-refractivity contribution in [3.05, 3.63) is 48.5 Å². The van der Waals surface area contributed by atoms with Crippen molar-refractivity contribution in [2.75, 3.05) is 35.3 Å². The second-order valence-electron chi connectivity index (χ2n) is 7.18. The first-order chi connectivity index (χ1) is 13.5. The first-order valence-electron chi connectivity index (χ1n) is 9.19. The first-order valence-corrected chi connectivity index (χ1v) is 9.19. The van der Waals surface area contributed by atoms with E-state index in [2.05, 4.69) is 32.2 Å². The topological polar surface area (TPSA) is 92.0 Å². The number of anilines is 3. The predicted molar refractivity (Wildman–Crippen MR) is 107 cm³/mol. The van der Waals surface area contributed by atoms with Gasteiger partial charge >= 0.3 is 5.97 Å². The molecule has 2 aliphatic heterocycles. The molecule has 0 radical (unpaired) electrons. The lowest BCUT2D eigenvalue weighted by Gasteiger charge is -2.23. The van der Waals surface area contributed by atoms with Gasteiger partial charge in [-0.3, -0.25) is 0 Å². The molecule has 28 heavy (non-hydrogen) atoms. The van der Waals surface area contributed by atoms with E-state index < -0.39 is 18.1 Å². The number of azo groups is 1. The largest absolute Gasteiger partial charge is 0.480 e. The van der Waals surface area contributed by atoms with E-state index in [1.165, 1.54) is 0 Å². The van der Waals surface area contributed by atoms with E-state index in [9.17, 15) is 15.0 Å². The summed E-state index contributed by atoms with van der Waals surface area (Å²) in [6, 6.07) is 14.7.